The van der Waals surface area contributed by atoms with E-state index < -0.39 is 0 Å². The molecule has 0 aliphatic carbocycles. The van der Waals surface area contributed by atoms with E-state index in [0.717, 1.165) is 29.0 Å². The summed E-state index contributed by atoms with van der Waals surface area (Å²) >= 11 is 0. The Morgan fingerprint density at radius 1 is 1.00 bits per heavy atom. The number of nitrogens with one attached hydrogen (secondary N) is 1. The highest BCUT2D eigenvalue weighted by Gasteiger charge is 2.10. The van der Waals surface area contributed by atoms with E-state index in [-0.39, 0.29) is 0 Å². The number of rotatable bonds is 6. The Hall–Kier alpha value is -2.00. The van der Waals surface area contributed by atoms with Crippen LogP contribution in [-0.4, -0.2) is 21.3 Å². The lowest BCUT2D eigenvalue weighted by atomic mass is 9.99. The fraction of sp³-hybridized carbons (Fsp3) is 0.333. The molecular formula is C18H23NO2. The predicted molar refractivity (Wildman–Crippen MR) is 87.1 cm³/mol. The van der Waals surface area contributed by atoms with Crippen molar-refractivity contribution in [2.24, 2.45) is 0 Å². The van der Waals surface area contributed by atoms with E-state index in [1.165, 1.54) is 5.56 Å². The number of benzene rings is 2. The van der Waals surface area contributed by atoms with Crippen LogP contribution in [0.2, 0.25) is 0 Å². The molecular weight excluding hydrogens is 262 g/mol. The van der Waals surface area contributed by atoms with Crippen LogP contribution in [0.1, 0.15) is 24.9 Å². The molecule has 112 valence electrons. The van der Waals surface area contributed by atoms with Gasteiger partial charge >= 0.3 is 0 Å². The molecule has 0 aliphatic heterocycles. The van der Waals surface area contributed by atoms with Gasteiger partial charge in [-0.1, -0.05) is 31.2 Å². The second kappa shape index (κ2) is 7.14. The highest BCUT2D eigenvalue weighted by Crippen LogP contribution is 2.33. The van der Waals surface area contributed by atoms with E-state index in [0.29, 0.717) is 6.04 Å². The highest BCUT2D eigenvalue weighted by molar-refractivity contribution is 5.71. The van der Waals surface area contributed by atoms with E-state index in [9.17, 15) is 0 Å². The van der Waals surface area contributed by atoms with Crippen LogP contribution in [0.15, 0.2) is 42.5 Å². The van der Waals surface area contributed by atoms with Gasteiger partial charge < -0.3 is 14.8 Å². The summed E-state index contributed by atoms with van der Waals surface area (Å²) in [4.78, 5) is 0. The fourth-order valence-electron chi connectivity index (χ4n) is 2.54. The van der Waals surface area contributed by atoms with Gasteiger partial charge in [-0.25, -0.2) is 0 Å². The third-order valence-corrected chi connectivity index (χ3v) is 3.79. The van der Waals surface area contributed by atoms with Crippen molar-refractivity contribution in [1.29, 1.82) is 0 Å². The molecule has 1 unspecified atom stereocenters. The van der Waals surface area contributed by atoms with Crippen LogP contribution in [0.5, 0.6) is 11.5 Å². The zero-order valence-corrected chi connectivity index (χ0v) is 13.1. The highest BCUT2D eigenvalue weighted by atomic mass is 16.5. The Morgan fingerprint density at radius 3 is 2.24 bits per heavy atom. The number of hydrogen-bond acceptors (Lipinski definition) is 3. The topological polar surface area (TPSA) is 30.5 Å². The minimum atomic E-state index is 0.400. The van der Waals surface area contributed by atoms with E-state index in [1.54, 1.807) is 14.2 Å². The van der Waals surface area contributed by atoms with Gasteiger partial charge in [0.2, 0.25) is 0 Å². The summed E-state index contributed by atoms with van der Waals surface area (Å²) in [6, 6.07) is 14.9. The maximum absolute atomic E-state index is 5.47. The first-order valence-corrected chi connectivity index (χ1v) is 7.23. The molecule has 0 bridgehead atoms. The summed E-state index contributed by atoms with van der Waals surface area (Å²) in [6.45, 7) is 2.18. The molecule has 0 radical (unpaired) electrons. The van der Waals surface area contributed by atoms with E-state index in [1.807, 2.05) is 25.2 Å². The quantitative estimate of drug-likeness (QED) is 0.869. The predicted octanol–water partition coefficient (Wildman–Crippen LogP) is 4.04. The van der Waals surface area contributed by atoms with Gasteiger partial charge in [-0.2, -0.15) is 0 Å². The summed E-state index contributed by atoms with van der Waals surface area (Å²) in [5.41, 5.74) is 3.52. The number of methoxy groups -OCH3 is 2. The van der Waals surface area contributed by atoms with Crippen molar-refractivity contribution >= 4 is 0 Å². The molecule has 3 heteroatoms. The van der Waals surface area contributed by atoms with Gasteiger partial charge in [-0.15, -0.1) is 0 Å². The Labute approximate surface area is 126 Å². The molecule has 0 saturated heterocycles. The Kier molecular flexibility index (Phi) is 5.23. The maximum atomic E-state index is 5.47. The molecule has 1 atom stereocenters. The molecule has 2 rings (SSSR count). The van der Waals surface area contributed by atoms with Crippen molar-refractivity contribution in [2.75, 3.05) is 21.3 Å². The molecule has 0 saturated carbocycles. The maximum Gasteiger partial charge on any atom is 0.130 e. The Balaban J connectivity index is 2.34. The van der Waals surface area contributed by atoms with Crippen LogP contribution in [0, 0.1) is 0 Å². The largest absolute Gasteiger partial charge is 0.497 e. The lowest BCUT2D eigenvalue weighted by molar-refractivity contribution is 0.395. The van der Waals surface area contributed by atoms with Gasteiger partial charge in [0.15, 0.2) is 0 Å². The van der Waals surface area contributed by atoms with Crippen molar-refractivity contribution in [2.45, 2.75) is 19.4 Å². The zero-order chi connectivity index (χ0) is 15.2. The van der Waals surface area contributed by atoms with Crippen LogP contribution < -0.4 is 14.8 Å². The van der Waals surface area contributed by atoms with Crippen LogP contribution >= 0.6 is 0 Å². The lowest BCUT2D eigenvalue weighted by Gasteiger charge is -2.15. The molecule has 0 heterocycles. The Bertz CT molecular complexity index is 574. The van der Waals surface area contributed by atoms with Gasteiger partial charge in [0.1, 0.15) is 11.5 Å². The first kappa shape index (κ1) is 15.4. The smallest absolute Gasteiger partial charge is 0.130 e. The molecule has 0 aromatic heterocycles. The molecule has 2 aromatic rings. The normalized spacial score (nSPS) is 12.0. The van der Waals surface area contributed by atoms with E-state index in [2.05, 4.69) is 36.5 Å². The summed E-state index contributed by atoms with van der Waals surface area (Å²) in [6.07, 6.45) is 1.07. The third-order valence-electron chi connectivity index (χ3n) is 3.79. The summed E-state index contributed by atoms with van der Waals surface area (Å²) in [5.74, 6) is 1.62. The number of hydrogen-bond donors (Lipinski definition) is 1. The molecule has 0 amide bonds. The van der Waals surface area contributed by atoms with Crippen LogP contribution in [0.25, 0.3) is 11.1 Å². The minimum absolute atomic E-state index is 0.400. The SMILES string of the molecule is CCC(NC)c1ccc(-c2ccc(OC)cc2OC)cc1. The molecule has 2 aromatic carbocycles. The van der Waals surface area contributed by atoms with Crippen molar-refractivity contribution in [3.8, 4) is 22.6 Å². The minimum Gasteiger partial charge on any atom is -0.497 e. The molecule has 1 N–H and O–H groups in total. The summed E-state index contributed by atoms with van der Waals surface area (Å²) < 4.78 is 10.7. The lowest BCUT2D eigenvalue weighted by Crippen LogP contribution is -2.14. The average Bonchev–Trinajstić information content (AvgIpc) is 2.56. The fourth-order valence-corrected chi connectivity index (χ4v) is 2.54. The third kappa shape index (κ3) is 3.37. The first-order valence-electron chi connectivity index (χ1n) is 7.23. The van der Waals surface area contributed by atoms with Crippen molar-refractivity contribution < 1.29 is 9.47 Å². The standard InChI is InChI=1S/C18H23NO2/c1-5-17(19-2)14-8-6-13(7-9-14)16-11-10-15(20-3)12-18(16)21-4/h6-12,17,19H,5H2,1-4H3. The van der Waals surface area contributed by atoms with Crippen molar-refractivity contribution in [3.05, 3.63) is 48.0 Å². The van der Waals surface area contributed by atoms with Gasteiger partial charge in [-0.3, -0.25) is 0 Å². The van der Waals surface area contributed by atoms with E-state index >= 15 is 0 Å². The van der Waals surface area contributed by atoms with Crippen molar-refractivity contribution in [1.82, 2.24) is 5.32 Å². The first-order chi connectivity index (χ1) is 10.2. The van der Waals surface area contributed by atoms with Crippen LogP contribution in [0.4, 0.5) is 0 Å². The molecule has 21 heavy (non-hydrogen) atoms. The zero-order valence-electron chi connectivity index (χ0n) is 13.1. The van der Waals surface area contributed by atoms with Crippen LogP contribution in [-0.2, 0) is 0 Å². The van der Waals surface area contributed by atoms with Crippen LogP contribution in [0.3, 0.4) is 0 Å². The molecule has 3 nitrogen and oxygen atoms in total. The van der Waals surface area contributed by atoms with Gasteiger partial charge in [0.25, 0.3) is 0 Å². The molecule has 0 aliphatic rings. The van der Waals surface area contributed by atoms with E-state index in [4.69, 9.17) is 9.47 Å². The van der Waals surface area contributed by atoms with Gasteiger partial charge in [-0.05, 0) is 36.7 Å². The molecule has 0 fully saturated rings. The monoisotopic (exact) mass is 285 g/mol. The summed E-state index contributed by atoms with van der Waals surface area (Å²) in [7, 11) is 5.33. The molecule has 0 spiro atoms. The Morgan fingerprint density at radius 2 is 1.71 bits per heavy atom. The van der Waals surface area contributed by atoms with Gasteiger partial charge in [0, 0.05) is 17.7 Å². The average molecular weight is 285 g/mol. The second-order valence-electron chi connectivity index (χ2n) is 4.94. The number of ether oxygens (including phenoxy) is 2. The van der Waals surface area contributed by atoms with Gasteiger partial charge in [0.05, 0.1) is 14.2 Å². The summed E-state index contributed by atoms with van der Waals surface area (Å²) in [5, 5.41) is 3.32. The van der Waals surface area contributed by atoms with Crippen molar-refractivity contribution in [3.63, 3.8) is 0 Å². The second-order valence-corrected chi connectivity index (χ2v) is 4.94.